The topological polar surface area (TPSA) is 38.9 Å². The van der Waals surface area contributed by atoms with Crippen molar-refractivity contribution in [3.63, 3.8) is 0 Å². The summed E-state index contributed by atoms with van der Waals surface area (Å²) in [5.74, 6) is 2.45. The van der Waals surface area contributed by atoms with Gasteiger partial charge in [-0.15, -0.1) is 10.2 Å². The van der Waals surface area contributed by atoms with E-state index in [4.69, 9.17) is 0 Å². The van der Waals surface area contributed by atoms with Crippen molar-refractivity contribution >= 4 is 0 Å². The third-order valence-electron chi connectivity index (χ3n) is 7.27. The number of rotatable bonds is 7. The number of likely N-dealkylation sites (tertiary alicyclic amines) is 1. The molecule has 32 heavy (non-hydrogen) atoms. The number of hydrogen-bond acceptors (Lipinski definition) is 3. The van der Waals surface area contributed by atoms with Crippen molar-refractivity contribution in [1.82, 2.24) is 24.2 Å². The molecule has 2 fully saturated rings. The van der Waals surface area contributed by atoms with Gasteiger partial charge < -0.3 is 14.0 Å². The summed E-state index contributed by atoms with van der Waals surface area (Å²) < 4.78 is 42.7. The first-order chi connectivity index (χ1) is 15.3. The summed E-state index contributed by atoms with van der Waals surface area (Å²) in [6.45, 7) is 3.01. The minimum Gasteiger partial charge on any atom is -0.348 e. The van der Waals surface area contributed by atoms with Gasteiger partial charge in [0, 0.05) is 45.2 Å². The molecule has 8 heteroatoms. The second-order valence-corrected chi connectivity index (χ2v) is 9.33. The van der Waals surface area contributed by atoms with Crippen molar-refractivity contribution in [2.24, 2.45) is 20.0 Å². The number of nitrogens with zero attached hydrogens (tertiary/aromatic N) is 5. The summed E-state index contributed by atoms with van der Waals surface area (Å²) >= 11 is 0. The molecule has 5 rings (SSSR count). The van der Waals surface area contributed by atoms with Crippen molar-refractivity contribution in [2.75, 3.05) is 19.6 Å². The molecule has 0 radical (unpaired) electrons. The normalized spacial score (nSPS) is 23.0. The number of unbranched alkanes of at least 4 members (excludes halogenated alkanes) is 1. The molecule has 1 aliphatic carbocycles. The maximum absolute atomic E-state index is 12.9. The molecule has 0 unspecified atom stereocenters. The third kappa shape index (κ3) is 3.74. The Labute approximate surface area is 185 Å². The Bertz CT molecular complexity index is 1100. The minimum atomic E-state index is -4.27. The number of hydrogen-bond donors (Lipinski definition) is 0. The Morgan fingerprint density at radius 1 is 1.06 bits per heavy atom. The van der Waals surface area contributed by atoms with Gasteiger partial charge in [0.25, 0.3) is 0 Å². The summed E-state index contributed by atoms with van der Waals surface area (Å²) in [6, 6.07) is 9.87. The zero-order chi connectivity index (χ0) is 22.5. The monoisotopic (exact) mass is 443 g/mol. The Morgan fingerprint density at radius 3 is 2.53 bits per heavy atom. The van der Waals surface area contributed by atoms with Gasteiger partial charge >= 0.3 is 6.18 Å². The van der Waals surface area contributed by atoms with Gasteiger partial charge in [0.2, 0.25) is 0 Å². The fourth-order valence-corrected chi connectivity index (χ4v) is 5.31. The van der Waals surface area contributed by atoms with Gasteiger partial charge in [-0.2, -0.15) is 13.2 Å². The highest BCUT2D eigenvalue weighted by Gasteiger charge is 2.60. The molecule has 1 saturated heterocycles. The van der Waals surface area contributed by atoms with E-state index >= 15 is 0 Å². The van der Waals surface area contributed by atoms with Crippen LogP contribution in [-0.4, -0.2) is 43.9 Å². The number of benzene rings is 1. The van der Waals surface area contributed by atoms with Crippen LogP contribution in [-0.2, 0) is 32.1 Å². The Kier molecular flexibility index (Phi) is 5.15. The Hall–Kier alpha value is -2.61. The van der Waals surface area contributed by atoms with E-state index in [0.29, 0.717) is 5.92 Å². The van der Waals surface area contributed by atoms with Crippen LogP contribution in [0.25, 0.3) is 11.5 Å². The van der Waals surface area contributed by atoms with Crippen LogP contribution in [0, 0.1) is 5.92 Å². The molecule has 0 N–H and O–H groups in total. The minimum absolute atomic E-state index is 0.0672. The lowest BCUT2D eigenvalue weighted by atomic mass is 9.94. The molecule has 1 aliphatic heterocycles. The highest BCUT2D eigenvalue weighted by Crippen LogP contribution is 2.59. The molecule has 2 aromatic heterocycles. The molecule has 0 spiro atoms. The smallest absolute Gasteiger partial charge is 0.348 e. The second-order valence-electron chi connectivity index (χ2n) is 9.33. The van der Waals surface area contributed by atoms with Gasteiger partial charge in [0.15, 0.2) is 5.82 Å². The number of fused-ring (bicyclic) bond motifs is 1. The van der Waals surface area contributed by atoms with Crippen molar-refractivity contribution in [2.45, 2.75) is 37.3 Å². The first kappa shape index (κ1) is 21.2. The number of aromatic nitrogens is 4. The van der Waals surface area contributed by atoms with E-state index in [0.717, 1.165) is 68.2 Å². The molecular weight excluding hydrogens is 415 g/mol. The van der Waals surface area contributed by atoms with E-state index in [1.54, 1.807) is 12.1 Å². The lowest BCUT2D eigenvalue weighted by molar-refractivity contribution is -0.137. The summed E-state index contributed by atoms with van der Waals surface area (Å²) in [6.07, 6.45) is 1.81. The van der Waals surface area contributed by atoms with Crippen LogP contribution >= 0.6 is 0 Å². The number of aryl methyl sites for hydroxylation is 2. The molecule has 1 aromatic carbocycles. The van der Waals surface area contributed by atoms with E-state index in [2.05, 4.69) is 19.7 Å². The predicted molar refractivity (Wildman–Crippen MR) is 116 cm³/mol. The van der Waals surface area contributed by atoms with Gasteiger partial charge in [-0.1, -0.05) is 12.1 Å². The van der Waals surface area contributed by atoms with Crippen molar-refractivity contribution in [3.05, 3.63) is 59.5 Å². The van der Waals surface area contributed by atoms with Crippen molar-refractivity contribution < 1.29 is 13.2 Å². The number of alkyl halides is 3. The van der Waals surface area contributed by atoms with Crippen LogP contribution in [0.1, 0.15) is 36.2 Å². The molecule has 5 nitrogen and oxygen atoms in total. The molecule has 170 valence electrons. The van der Waals surface area contributed by atoms with E-state index in [9.17, 15) is 13.2 Å². The lowest BCUT2D eigenvalue weighted by Gasteiger charge is -2.21. The highest BCUT2D eigenvalue weighted by atomic mass is 19.4. The molecule has 1 saturated carbocycles. The molecular formula is C24H28F3N5. The van der Waals surface area contributed by atoms with Crippen LogP contribution in [0.2, 0.25) is 0 Å². The average molecular weight is 444 g/mol. The summed E-state index contributed by atoms with van der Waals surface area (Å²) in [4.78, 5) is 2.47. The number of halogens is 3. The molecule has 3 heterocycles. The van der Waals surface area contributed by atoms with Crippen LogP contribution < -0.4 is 0 Å². The highest BCUT2D eigenvalue weighted by molar-refractivity contribution is 5.50. The standard InChI is InChI=1S/C24H28F3N5/c1-30-12-5-6-20(30)22-29-28-21(31(22)2)7-3-4-13-32-15-19-14-23(19,16-32)17-8-10-18(11-9-17)24(25,26)27/h5-6,8-12,19H,3-4,7,13-16H2,1-2H3/t19-,23+/m0/s1. The van der Waals surface area contributed by atoms with Crippen LogP contribution in [0.3, 0.4) is 0 Å². The van der Waals surface area contributed by atoms with E-state index in [1.165, 1.54) is 12.1 Å². The SMILES string of the molecule is Cn1cccc1-c1nnc(CCCCN2C[C@@H]3C[C@]3(c3ccc(C(F)(F)F)cc3)C2)n1C. The maximum Gasteiger partial charge on any atom is 0.416 e. The lowest BCUT2D eigenvalue weighted by Crippen LogP contribution is -2.27. The maximum atomic E-state index is 12.9. The average Bonchev–Trinajstić information content (AvgIpc) is 3.05. The molecule has 2 atom stereocenters. The molecule has 0 bridgehead atoms. The van der Waals surface area contributed by atoms with Crippen LogP contribution in [0.4, 0.5) is 13.2 Å². The zero-order valence-electron chi connectivity index (χ0n) is 18.4. The third-order valence-corrected chi connectivity index (χ3v) is 7.27. The zero-order valence-corrected chi connectivity index (χ0v) is 18.4. The van der Waals surface area contributed by atoms with Gasteiger partial charge in [-0.05, 0) is 61.6 Å². The molecule has 3 aromatic rings. The van der Waals surface area contributed by atoms with Gasteiger partial charge in [0.1, 0.15) is 5.82 Å². The Balaban J connectivity index is 1.12. The van der Waals surface area contributed by atoms with Gasteiger partial charge in [-0.25, -0.2) is 0 Å². The Morgan fingerprint density at radius 2 is 1.84 bits per heavy atom. The van der Waals surface area contributed by atoms with Crippen molar-refractivity contribution in [1.29, 1.82) is 0 Å². The quantitative estimate of drug-likeness (QED) is 0.507. The van der Waals surface area contributed by atoms with Crippen molar-refractivity contribution in [3.8, 4) is 11.5 Å². The van der Waals surface area contributed by atoms with Crippen LogP contribution in [0.5, 0.6) is 0 Å². The fourth-order valence-electron chi connectivity index (χ4n) is 5.31. The number of piperidine rings is 1. The fraction of sp³-hybridized carbons (Fsp3) is 0.500. The molecule has 2 aliphatic rings. The predicted octanol–water partition coefficient (Wildman–Crippen LogP) is 4.44. The van der Waals surface area contributed by atoms with Gasteiger partial charge in [0.05, 0.1) is 11.3 Å². The van der Waals surface area contributed by atoms with Crippen LogP contribution in [0.15, 0.2) is 42.6 Å². The summed E-state index contributed by atoms with van der Waals surface area (Å²) in [7, 11) is 4.02. The van der Waals surface area contributed by atoms with E-state index in [-0.39, 0.29) is 5.41 Å². The van der Waals surface area contributed by atoms with E-state index in [1.807, 2.05) is 37.0 Å². The first-order valence-corrected chi connectivity index (χ1v) is 11.2. The van der Waals surface area contributed by atoms with E-state index < -0.39 is 11.7 Å². The second kappa shape index (κ2) is 7.76. The largest absolute Gasteiger partial charge is 0.416 e. The first-order valence-electron chi connectivity index (χ1n) is 11.2. The molecule has 0 amide bonds. The summed E-state index contributed by atoms with van der Waals surface area (Å²) in [5.41, 5.74) is 1.61. The van der Waals surface area contributed by atoms with Gasteiger partial charge in [-0.3, -0.25) is 0 Å². The summed E-state index contributed by atoms with van der Waals surface area (Å²) in [5, 5.41) is 8.75.